The van der Waals surface area contributed by atoms with Crippen molar-refractivity contribution in [1.29, 1.82) is 0 Å². The summed E-state index contributed by atoms with van der Waals surface area (Å²) in [5.74, 6) is -1.85. The largest absolute Gasteiger partial charge is 0.462 e. The van der Waals surface area contributed by atoms with Crippen LogP contribution in [0.1, 0.15) is 53.9 Å². The van der Waals surface area contributed by atoms with Crippen LogP contribution in [0.3, 0.4) is 0 Å². The lowest BCUT2D eigenvalue weighted by molar-refractivity contribution is -0.165. The van der Waals surface area contributed by atoms with Crippen LogP contribution in [0, 0.1) is 28.1 Å². The zero-order chi connectivity index (χ0) is 21.4. The second-order valence-electron chi connectivity index (χ2n) is 10.2. The number of rotatable bonds is 3. The molecule has 0 radical (unpaired) electrons. The Hall–Kier alpha value is -1.67. The van der Waals surface area contributed by atoms with Crippen LogP contribution in [0.25, 0.3) is 0 Å². The molecule has 8 heteroatoms. The van der Waals surface area contributed by atoms with Crippen molar-refractivity contribution in [2.45, 2.75) is 78.5 Å². The van der Waals surface area contributed by atoms with Gasteiger partial charge in [-0.25, -0.2) is 0 Å². The molecular formula is C21H30O8. The minimum atomic E-state index is -0.960. The Morgan fingerprint density at radius 2 is 1.97 bits per heavy atom. The van der Waals surface area contributed by atoms with Crippen molar-refractivity contribution in [3.8, 4) is 0 Å². The molecule has 4 rings (SSSR count). The molecule has 1 spiro atoms. The molecule has 0 aromatic rings. The first-order valence-corrected chi connectivity index (χ1v) is 10.3. The van der Waals surface area contributed by atoms with Crippen LogP contribution in [0.5, 0.6) is 0 Å². The van der Waals surface area contributed by atoms with E-state index >= 15 is 0 Å². The average molecular weight is 410 g/mol. The van der Waals surface area contributed by atoms with Gasteiger partial charge in [0.25, 0.3) is 0 Å². The third kappa shape index (κ3) is 2.75. The van der Waals surface area contributed by atoms with Crippen molar-refractivity contribution in [1.82, 2.24) is 0 Å². The maximum Gasteiger partial charge on any atom is 0.311 e. The predicted octanol–water partition coefficient (Wildman–Crippen LogP) is 1.57. The maximum absolute atomic E-state index is 12.4. The number of ether oxygens (including phenoxy) is 4. The Labute approximate surface area is 170 Å². The van der Waals surface area contributed by atoms with E-state index in [2.05, 4.69) is 20.8 Å². The molecule has 8 nitrogen and oxygen atoms in total. The molecule has 0 aromatic heterocycles. The molecule has 3 saturated heterocycles. The van der Waals surface area contributed by atoms with Gasteiger partial charge in [0.05, 0.1) is 24.4 Å². The zero-order valence-corrected chi connectivity index (χ0v) is 17.6. The highest BCUT2D eigenvalue weighted by molar-refractivity contribution is 5.75. The van der Waals surface area contributed by atoms with E-state index in [1.807, 2.05) is 0 Å². The fraction of sp³-hybridized carbons (Fsp3) is 0.857. The molecule has 3 aliphatic heterocycles. The van der Waals surface area contributed by atoms with E-state index in [0.29, 0.717) is 6.42 Å². The molecule has 0 amide bonds. The van der Waals surface area contributed by atoms with Crippen molar-refractivity contribution >= 4 is 17.9 Å². The van der Waals surface area contributed by atoms with Crippen molar-refractivity contribution in [2.75, 3.05) is 6.61 Å². The van der Waals surface area contributed by atoms with Crippen LogP contribution in [0.15, 0.2) is 0 Å². The van der Waals surface area contributed by atoms with E-state index in [0.717, 1.165) is 0 Å². The third-order valence-electron chi connectivity index (χ3n) is 7.65. The lowest BCUT2D eigenvalue weighted by Gasteiger charge is -2.45. The number of hydrogen-bond donors (Lipinski definition) is 1. The number of carbonyl (C=O) groups excluding carboxylic acids is 3. The summed E-state index contributed by atoms with van der Waals surface area (Å²) < 4.78 is 22.8. The Bertz CT molecular complexity index is 741. The summed E-state index contributed by atoms with van der Waals surface area (Å²) in [4.78, 5) is 36.4. The fourth-order valence-corrected chi connectivity index (χ4v) is 6.39. The summed E-state index contributed by atoms with van der Waals surface area (Å²) in [6.45, 7) is 9.49. The van der Waals surface area contributed by atoms with Crippen molar-refractivity contribution in [2.24, 2.45) is 28.1 Å². The van der Waals surface area contributed by atoms with Crippen LogP contribution < -0.4 is 0 Å². The number of aliphatic hydroxyl groups excluding tert-OH is 1. The predicted molar refractivity (Wildman–Crippen MR) is 98.1 cm³/mol. The summed E-state index contributed by atoms with van der Waals surface area (Å²) in [7, 11) is 0. The molecule has 0 bridgehead atoms. The number of carbonyl (C=O) groups is 3. The van der Waals surface area contributed by atoms with Crippen LogP contribution in [0.4, 0.5) is 0 Å². The number of aliphatic hydroxyl groups is 1. The molecule has 1 N–H and O–H groups in total. The molecular weight excluding hydrogens is 380 g/mol. The van der Waals surface area contributed by atoms with E-state index in [9.17, 15) is 19.5 Å². The molecule has 3 heterocycles. The van der Waals surface area contributed by atoms with Gasteiger partial charge in [0, 0.05) is 12.3 Å². The number of hydrogen-bond acceptors (Lipinski definition) is 8. The summed E-state index contributed by atoms with van der Waals surface area (Å²) in [5, 5.41) is 10.6. The first-order valence-electron chi connectivity index (χ1n) is 10.3. The summed E-state index contributed by atoms with van der Waals surface area (Å²) in [6, 6.07) is 0. The van der Waals surface area contributed by atoms with E-state index in [1.54, 1.807) is 6.92 Å². The first-order chi connectivity index (χ1) is 13.4. The van der Waals surface area contributed by atoms with Gasteiger partial charge in [0.1, 0.15) is 18.3 Å². The first kappa shape index (κ1) is 20.6. The molecule has 0 aromatic carbocycles. The summed E-state index contributed by atoms with van der Waals surface area (Å²) in [6.07, 6.45) is -1.99. The third-order valence-corrected chi connectivity index (χ3v) is 7.65. The zero-order valence-electron chi connectivity index (χ0n) is 17.6. The number of esters is 3. The van der Waals surface area contributed by atoms with Gasteiger partial charge in [-0.1, -0.05) is 20.8 Å². The maximum atomic E-state index is 12.4. The molecule has 1 saturated carbocycles. The van der Waals surface area contributed by atoms with Gasteiger partial charge in [-0.2, -0.15) is 0 Å². The minimum absolute atomic E-state index is 0.0232. The van der Waals surface area contributed by atoms with E-state index in [-0.39, 0.29) is 36.8 Å². The SMILES string of the molecule is CC(=O)OC1C[C@@H](C(C)(C)C)C23CC(=O)OC2OCC13CC1OC(=O)[C@@H](C)[C@H]1O. The monoisotopic (exact) mass is 410 g/mol. The highest BCUT2D eigenvalue weighted by Crippen LogP contribution is 2.72. The van der Waals surface area contributed by atoms with Gasteiger partial charge in [-0.15, -0.1) is 0 Å². The van der Waals surface area contributed by atoms with Crippen LogP contribution >= 0.6 is 0 Å². The van der Waals surface area contributed by atoms with Crippen LogP contribution in [0.2, 0.25) is 0 Å². The Morgan fingerprint density at radius 1 is 1.28 bits per heavy atom. The molecule has 1 aliphatic carbocycles. The Morgan fingerprint density at radius 3 is 2.52 bits per heavy atom. The smallest absolute Gasteiger partial charge is 0.311 e. The lowest BCUT2D eigenvalue weighted by Crippen LogP contribution is -2.51. The van der Waals surface area contributed by atoms with Crippen LogP contribution in [-0.2, 0) is 33.3 Å². The van der Waals surface area contributed by atoms with E-state index in [1.165, 1.54) is 6.92 Å². The van der Waals surface area contributed by atoms with Crippen molar-refractivity contribution in [3.05, 3.63) is 0 Å². The standard InChI is InChI=1S/C21H30O8/c1-10-16(24)12(28-17(10)25)7-20-9-26-18-21(20,8-15(23)29-18)13(19(3,4)5)6-14(20)27-11(2)22/h10,12-14,16,18,24H,6-9H2,1-5H3/t10-,12?,13-,14?,16+,18?,20?,21?/m0/s1. The second-order valence-corrected chi connectivity index (χ2v) is 10.2. The van der Waals surface area contributed by atoms with Gasteiger partial charge in [-0.05, 0) is 31.1 Å². The second kappa shape index (κ2) is 6.41. The van der Waals surface area contributed by atoms with Crippen molar-refractivity contribution < 1.29 is 38.4 Å². The molecule has 8 atom stereocenters. The normalized spacial score (nSPS) is 46.3. The fourth-order valence-electron chi connectivity index (χ4n) is 6.39. The summed E-state index contributed by atoms with van der Waals surface area (Å²) >= 11 is 0. The number of cyclic esters (lactones) is 1. The van der Waals surface area contributed by atoms with Gasteiger partial charge in [0.2, 0.25) is 6.29 Å². The van der Waals surface area contributed by atoms with E-state index < -0.39 is 53.3 Å². The quantitative estimate of drug-likeness (QED) is 0.552. The highest BCUT2D eigenvalue weighted by Gasteiger charge is 2.79. The van der Waals surface area contributed by atoms with Crippen molar-refractivity contribution in [3.63, 3.8) is 0 Å². The van der Waals surface area contributed by atoms with Gasteiger partial charge in [0.15, 0.2) is 0 Å². The molecule has 4 aliphatic rings. The lowest BCUT2D eigenvalue weighted by atomic mass is 9.55. The molecule has 4 fully saturated rings. The van der Waals surface area contributed by atoms with Gasteiger partial charge < -0.3 is 24.1 Å². The summed E-state index contributed by atoms with van der Waals surface area (Å²) in [5.41, 5.74) is -1.71. The minimum Gasteiger partial charge on any atom is -0.462 e. The molecule has 5 unspecified atom stereocenters. The van der Waals surface area contributed by atoms with Crippen LogP contribution in [-0.4, -0.2) is 54.2 Å². The Kier molecular flexibility index (Phi) is 4.55. The van der Waals surface area contributed by atoms with E-state index in [4.69, 9.17) is 18.9 Å². The van der Waals surface area contributed by atoms with Gasteiger partial charge >= 0.3 is 17.9 Å². The molecule has 162 valence electrons. The average Bonchev–Trinajstić information content (AvgIpc) is 3.22. The Balaban J connectivity index is 1.81. The topological polar surface area (TPSA) is 108 Å². The highest BCUT2D eigenvalue weighted by atomic mass is 16.7. The molecule has 29 heavy (non-hydrogen) atoms. The van der Waals surface area contributed by atoms with Gasteiger partial charge in [-0.3, -0.25) is 14.4 Å².